The first-order chi connectivity index (χ1) is 15.0. The van der Waals surface area contributed by atoms with Gasteiger partial charge in [-0.15, -0.1) is 11.3 Å². The van der Waals surface area contributed by atoms with Crippen molar-refractivity contribution < 1.29 is 13.9 Å². The number of halogens is 1. The molecule has 0 spiro atoms. The van der Waals surface area contributed by atoms with E-state index >= 15 is 0 Å². The maximum atomic E-state index is 13.1. The van der Waals surface area contributed by atoms with E-state index in [0.717, 1.165) is 22.1 Å². The molecule has 9 heteroatoms. The van der Waals surface area contributed by atoms with Crippen LogP contribution in [0.5, 0.6) is 5.75 Å². The van der Waals surface area contributed by atoms with Crippen molar-refractivity contribution in [2.75, 3.05) is 12.0 Å². The van der Waals surface area contributed by atoms with Gasteiger partial charge in [-0.05, 0) is 42.0 Å². The summed E-state index contributed by atoms with van der Waals surface area (Å²) < 4.78 is 18.5. The van der Waals surface area contributed by atoms with Gasteiger partial charge >= 0.3 is 0 Å². The van der Waals surface area contributed by atoms with Crippen molar-refractivity contribution in [2.24, 2.45) is 0 Å². The van der Waals surface area contributed by atoms with Gasteiger partial charge in [-0.1, -0.05) is 23.9 Å². The van der Waals surface area contributed by atoms with Gasteiger partial charge < -0.3 is 9.72 Å². The summed E-state index contributed by atoms with van der Waals surface area (Å²) in [5.74, 6) is 0.774. The summed E-state index contributed by atoms with van der Waals surface area (Å²) in [6.45, 7) is 1.50. The van der Waals surface area contributed by atoms with Crippen LogP contribution in [-0.2, 0) is 10.5 Å². The van der Waals surface area contributed by atoms with Gasteiger partial charge in [0.2, 0.25) is 5.91 Å². The smallest absolute Gasteiger partial charge is 0.230 e. The fourth-order valence-corrected chi connectivity index (χ4v) is 4.71. The van der Waals surface area contributed by atoms with Gasteiger partial charge in [0.1, 0.15) is 11.6 Å². The lowest BCUT2D eigenvalue weighted by molar-refractivity contribution is -0.115. The van der Waals surface area contributed by atoms with E-state index in [9.17, 15) is 9.18 Å². The molecule has 2 aromatic carbocycles. The van der Waals surface area contributed by atoms with E-state index in [2.05, 4.69) is 15.0 Å². The van der Waals surface area contributed by atoms with Gasteiger partial charge in [0.15, 0.2) is 10.3 Å². The van der Waals surface area contributed by atoms with E-state index in [1.165, 1.54) is 42.2 Å². The van der Waals surface area contributed by atoms with E-state index in [1.54, 1.807) is 30.3 Å². The zero-order chi connectivity index (χ0) is 21.8. The van der Waals surface area contributed by atoms with Crippen molar-refractivity contribution in [1.82, 2.24) is 15.0 Å². The Kier molecular flexibility index (Phi) is 6.34. The number of nitrogens with zero attached hydrogens (tertiary/aromatic N) is 3. The van der Waals surface area contributed by atoms with Crippen LogP contribution in [0.25, 0.3) is 11.3 Å². The number of ether oxygens (including phenoxy) is 1. The second kappa shape index (κ2) is 9.32. The maximum Gasteiger partial charge on any atom is 0.230 e. The minimum atomic E-state index is -0.273. The third-order valence-electron chi connectivity index (χ3n) is 4.44. The van der Waals surface area contributed by atoms with Gasteiger partial charge in [-0.3, -0.25) is 9.69 Å². The number of rotatable bonds is 7. The number of imidazole rings is 1. The minimum absolute atomic E-state index is 0.145. The molecular weight excluding hydrogens is 435 g/mol. The van der Waals surface area contributed by atoms with Gasteiger partial charge in [0.05, 0.1) is 30.4 Å². The van der Waals surface area contributed by atoms with Gasteiger partial charge in [-0.25, -0.2) is 14.4 Å². The first kappa shape index (κ1) is 21.1. The first-order valence-corrected chi connectivity index (χ1v) is 11.2. The van der Waals surface area contributed by atoms with Crippen molar-refractivity contribution in [2.45, 2.75) is 17.8 Å². The molecule has 2 aromatic heterocycles. The Morgan fingerprint density at radius 3 is 2.74 bits per heavy atom. The summed E-state index contributed by atoms with van der Waals surface area (Å²) in [5.41, 5.74) is 3.18. The van der Waals surface area contributed by atoms with Crippen LogP contribution in [0.15, 0.2) is 65.3 Å². The lowest BCUT2D eigenvalue weighted by Crippen LogP contribution is -2.23. The van der Waals surface area contributed by atoms with Crippen LogP contribution in [0.2, 0.25) is 0 Å². The predicted octanol–water partition coefficient (Wildman–Crippen LogP) is 5.66. The molecule has 0 atom stereocenters. The van der Waals surface area contributed by atoms with Crippen molar-refractivity contribution in [3.05, 3.63) is 71.6 Å². The minimum Gasteiger partial charge on any atom is -0.495 e. The van der Waals surface area contributed by atoms with E-state index in [0.29, 0.717) is 22.3 Å². The fraction of sp³-hybridized carbons (Fsp3) is 0.136. The highest BCUT2D eigenvalue weighted by molar-refractivity contribution is 7.98. The molecule has 0 saturated carbocycles. The molecule has 0 unspecified atom stereocenters. The molecule has 4 aromatic rings. The van der Waals surface area contributed by atoms with Gasteiger partial charge in [0.25, 0.3) is 0 Å². The molecule has 0 aliphatic carbocycles. The number of nitrogens with one attached hydrogen (secondary N) is 1. The second-order valence-electron chi connectivity index (χ2n) is 6.55. The summed E-state index contributed by atoms with van der Waals surface area (Å²) >= 11 is 2.90. The number of para-hydroxylation sites is 2. The lowest BCUT2D eigenvalue weighted by Gasteiger charge is -2.20. The van der Waals surface area contributed by atoms with E-state index in [-0.39, 0.29) is 11.7 Å². The highest BCUT2D eigenvalue weighted by Crippen LogP contribution is 2.36. The molecule has 4 rings (SSSR count). The highest BCUT2D eigenvalue weighted by atomic mass is 32.2. The molecule has 2 heterocycles. The van der Waals surface area contributed by atoms with Crippen molar-refractivity contribution in [3.8, 4) is 17.0 Å². The Bertz CT molecular complexity index is 1190. The van der Waals surface area contributed by atoms with Crippen LogP contribution in [0.4, 0.5) is 15.2 Å². The number of carbonyl (C=O) groups excluding carboxylic acids is 1. The average Bonchev–Trinajstić information content (AvgIpc) is 3.43. The number of H-pyrrole nitrogens is 1. The Hall–Kier alpha value is -3.17. The Balaban J connectivity index is 1.47. The van der Waals surface area contributed by atoms with E-state index < -0.39 is 0 Å². The largest absolute Gasteiger partial charge is 0.495 e. The summed E-state index contributed by atoms with van der Waals surface area (Å²) in [5, 5.41) is 3.25. The number of anilines is 2. The summed E-state index contributed by atoms with van der Waals surface area (Å²) in [4.78, 5) is 26.2. The molecule has 0 bridgehead atoms. The molecule has 0 aliphatic heterocycles. The normalized spacial score (nSPS) is 10.8. The quantitative estimate of drug-likeness (QED) is 0.365. The number of thiazole rings is 1. The molecule has 0 fully saturated rings. The topological polar surface area (TPSA) is 71.1 Å². The molecule has 31 heavy (non-hydrogen) atoms. The second-order valence-corrected chi connectivity index (χ2v) is 8.35. The van der Waals surface area contributed by atoms with Gasteiger partial charge in [0, 0.05) is 18.1 Å². The number of aromatic nitrogens is 3. The number of hydrogen-bond acceptors (Lipinski definition) is 6. The third kappa shape index (κ3) is 4.78. The van der Waals surface area contributed by atoms with Crippen LogP contribution in [-0.4, -0.2) is 28.0 Å². The van der Waals surface area contributed by atoms with Crippen LogP contribution >= 0.6 is 23.1 Å². The Labute approximate surface area is 187 Å². The molecule has 0 radical (unpaired) electrons. The number of benzene rings is 2. The third-order valence-corrected chi connectivity index (χ3v) is 6.23. The van der Waals surface area contributed by atoms with E-state index in [1.807, 2.05) is 29.6 Å². The van der Waals surface area contributed by atoms with Crippen molar-refractivity contribution in [1.29, 1.82) is 0 Å². The van der Waals surface area contributed by atoms with Crippen molar-refractivity contribution >= 4 is 39.8 Å². The van der Waals surface area contributed by atoms with Crippen LogP contribution in [0.3, 0.4) is 0 Å². The predicted molar refractivity (Wildman–Crippen MR) is 121 cm³/mol. The molecule has 1 N–H and O–H groups in total. The molecule has 6 nitrogen and oxygen atoms in total. The Morgan fingerprint density at radius 2 is 2.00 bits per heavy atom. The average molecular weight is 455 g/mol. The van der Waals surface area contributed by atoms with Gasteiger partial charge in [-0.2, -0.15) is 0 Å². The maximum absolute atomic E-state index is 13.1. The number of methoxy groups -OCH3 is 1. The SMILES string of the molecule is COc1ccccc1N(C(C)=O)c1nc(CSc2ncc(-c3ccc(F)cc3)[nH]2)cs1. The van der Waals surface area contributed by atoms with Crippen molar-refractivity contribution in [3.63, 3.8) is 0 Å². The molecular formula is C22H19FN4O2S2. The summed E-state index contributed by atoms with van der Waals surface area (Å²) in [6.07, 6.45) is 1.72. The first-order valence-electron chi connectivity index (χ1n) is 9.37. The number of aromatic amines is 1. The summed E-state index contributed by atoms with van der Waals surface area (Å²) in [7, 11) is 1.57. The molecule has 0 aliphatic rings. The lowest BCUT2D eigenvalue weighted by atomic mass is 10.2. The molecule has 1 amide bonds. The highest BCUT2D eigenvalue weighted by Gasteiger charge is 2.21. The Morgan fingerprint density at radius 1 is 1.23 bits per heavy atom. The standard InChI is InChI=1S/C22H19FN4O2S2/c1-14(28)27(19-5-3-4-6-20(19)29-2)22-25-17(13-31-22)12-30-21-24-11-18(26-21)15-7-9-16(23)10-8-15/h3-11,13H,12H2,1-2H3,(H,24,26). The van der Waals surface area contributed by atoms with Crippen LogP contribution < -0.4 is 9.64 Å². The monoisotopic (exact) mass is 454 g/mol. The van der Waals surface area contributed by atoms with Crippen LogP contribution in [0, 0.1) is 5.82 Å². The summed E-state index contributed by atoms with van der Waals surface area (Å²) in [6, 6.07) is 13.6. The number of hydrogen-bond donors (Lipinski definition) is 1. The fourth-order valence-electron chi connectivity index (χ4n) is 2.98. The zero-order valence-corrected chi connectivity index (χ0v) is 18.5. The zero-order valence-electron chi connectivity index (χ0n) is 16.8. The van der Waals surface area contributed by atoms with E-state index in [4.69, 9.17) is 4.74 Å². The number of amides is 1. The molecule has 158 valence electrons. The number of thioether (sulfide) groups is 1. The number of carbonyl (C=O) groups is 1. The molecule has 0 saturated heterocycles. The van der Waals surface area contributed by atoms with Crippen LogP contribution in [0.1, 0.15) is 12.6 Å².